The SMILES string of the molecule is C[C@@H]1CN(C)[C@@H](C)CN1Cc1ccc(-c2ccc(CO[C@H]3CCC[C@@H]3NC(=O)c3cc(-c4cnn(C)c4)cnc3N)cc2)cc1. The number of likely N-dealkylation sites (N-methyl/N-ethyl adjacent to an activating group) is 1. The van der Waals surface area contributed by atoms with Gasteiger partial charge < -0.3 is 20.7 Å². The van der Waals surface area contributed by atoms with Crippen molar-refractivity contribution in [2.75, 3.05) is 25.9 Å². The lowest BCUT2D eigenvalue weighted by Crippen LogP contribution is -2.54. The second-order valence-corrected chi connectivity index (χ2v) is 12.9. The van der Waals surface area contributed by atoms with Crippen LogP contribution in [0.1, 0.15) is 54.6 Å². The standard InChI is InChI=1S/C36H45N7O2/c1-24-20-43(25(2)19-41(24)3)21-26-8-12-28(13-9-26)29-14-10-27(11-15-29)23-45-34-7-5-6-33(34)40-36(44)32-16-30(17-38-35(32)37)31-18-39-42(4)22-31/h8-18,22,24-25,33-34H,5-7,19-21,23H2,1-4H3,(H2,37,38)(H,40,44)/t24-,25+,33-,34-/m0/s1. The molecule has 4 atom stereocenters. The summed E-state index contributed by atoms with van der Waals surface area (Å²) in [5.74, 6) is -0.0150. The van der Waals surface area contributed by atoms with E-state index in [9.17, 15) is 4.79 Å². The Bertz CT molecular complexity index is 1600. The molecular formula is C36H45N7O2. The Kier molecular flexibility index (Phi) is 9.30. The molecule has 0 bridgehead atoms. The van der Waals surface area contributed by atoms with Crippen molar-refractivity contribution in [1.29, 1.82) is 0 Å². The topological polar surface area (TPSA) is 102 Å². The fraction of sp³-hybridized carbons (Fsp3) is 0.417. The van der Waals surface area contributed by atoms with Crippen LogP contribution in [-0.2, 0) is 24.9 Å². The first-order chi connectivity index (χ1) is 21.7. The van der Waals surface area contributed by atoms with Crippen LogP contribution in [0, 0.1) is 0 Å². The van der Waals surface area contributed by atoms with E-state index in [0.29, 0.717) is 24.3 Å². The normalized spacial score (nSPS) is 22.5. The van der Waals surface area contributed by atoms with Crippen LogP contribution < -0.4 is 11.1 Å². The monoisotopic (exact) mass is 607 g/mol. The van der Waals surface area contributed by atoms with E-state index in [4.69, 9.17) is 10.5 Å². The van der Waals surface area contributed by atoms with E-state index < -0.39 is 0 Å². The van der Waals surface area contributed by atoms with Gasteiger partial charge in [-0.25, -0.2) is 4.98 Å². The Morgan fingerprint density at radius 1 is 0.911 bits per heavy atom. The maximum atomic E-state index is 13.3. The van der Waals surface area contributed by atoms with Crippen molar-refractivity contribution in [2.24, 2.45) is 7.05 Å². The number of aryl methyl sites for hydroxylation is 1. The zero-order chi connectivity index (χ0) is 31.5. The molecule has 3 N–H and O–H groups in total. The fourth-order valence-corrected chi connectivity index (χ4v) is 6.55. The molecule has 3 heterocycles. The highest BCUT2D eigenvalue weighted by Gasteiger charge is 2.30. The maximum absolute atomic E-state index is 13.3. The number of nitrogens with one attached hydrogen (secondary N) is 1. The van der Waals surface area contributed by atoms with E-state index in [-0.39, 0.29) is 23.9 Å². The van der Waals surface area contributed by atoms with Gasteiger partial charge in [-0.3, -0.25) is 14.4 Å². The summed E-state index contributed by atoms with van der Waals surface area (Å²) in [6.45, 7) is 8.33. The highest BCUT2D eigenvalue weighted by atomic mass is 16.5. The van der Waals surface area contributed by atoms with Gasteiger partial charge in [0, 0.05) is 62.3 Å². The molecule has 0 spiro atoms. The molecule has 1 saturated heterocycles. The molecule has 2 aromatic carbocycles. The molecule has 2 aromatic heterocycles. The van der Waals surface area contributed by atoms with Gasteiger partial charge in [-0.15, -0.1) is 0 Å². The minimum atomic E-state index is -0.228. The predicted octanol–water partition coefficient (Wildman–Crippen LogP) is 5.12. The van der Waals surface area contributed by atoms with Gasteiger partial charge in [-0.1, -0.05) is 48.5 Å². The summed E-state index contributed by atoms with van der Waals surface area (Å²) in [6, 6.07) is 20.4. The van der Waals surface area contributed by atoms with Crippen molar-refractivity contribution in [1.82, 2.24) is 29.9 Å². The molecular weight excluding hydrogens is 562 g/mol. The van der Waals surface area contributed by atoms with Crippen molar-refractivity contribution < 1.29 is 9.53 Å². The molecule has 1 saturated carbocycles. The molecule has 0 radical (unpaired) electrons. The number of carbonyl (C=O) groups is 1. The summed E-state index contributed by atoms with van der Waals surface area (Å²) < 4.78 is 8.06. The van der Waals surface area contributed by atoms with Gasteiger partial charge in [-0.05, 0) is 68.5 Å². The lowest BCUT2D eigenvalue weighted by atomic mass is 10.0. The summed E-state index contributed by atoms with van der Waals surface area (Å²) in [5.41, 5.74) is 13.0. The third-order valence-corrected chi connectivity index (χ3v) is 9.49. The number of carbonyl (C=O) groups excluding carboxylic acids is 1. The average Bonchev–Trinajstić information content (AvgIpc) is 3.68. The molecule has 9 heteroatoms. The van der Waals surface area contributed by atoms with Gasteiger partial charge in [0.2, 0.25) is 0 Å². The highest BCUT2D eigenvalue weighted by Crippen LogP contribution is 2.27. The maximum Gasteiger partial charge on any atom is 0.255 e. The fourth-order valence-electron chi connectivity index (χ4n) is 6.55. The van der Waals surface area contributed by atoms with Crippen molar-refractivity contribution in [2.45, 2.75) is 70.5 Å². The largest absolute Gasteiger partial charge is 0.383 e. The number of nitrogens with two attached hydrogens (primary N) is 1. The summed E-state index contributed by atoms with van der Waals surface area (Å²) >= 11 is 0. The number of ether oxygens (including phenoxy) is 1. The Labute approximate surface area is 266 Å². The molecule has 1 amide bonds. The molecule has 236 valence electrons. The van der Waals surface area contributed by atoms with Crippen LogP contribution in [0.3, 0.4) is 0 Å². The number of pyridine rings is 1. The number of rotatable bonds is 9. The number of amides is 1. The number of hydrogen-bond acceptors (Lipinski definition) is 7. The number of nitrogen functional groups attached to an aromatic ring is 1. The first-order valence-electron chi connectivity index (χ1n) is 16.0. The first kappa shape index (κ1) is 31.0. The summed E-state index contributed by atoms with van der Waals surface area (Å²) in [4.78, 5) is 22.5. The Hall–Kier alpha value is -4.05. The molecule has 1 aliphatic heterocycles. The summed E-state index contributed by atoms with van der Waals surface area (Å²) in [7, 11) is 4.07. The number of benzene rings is 2. The molecule has 1 aliphatic carbocycles. The van der Waals surface area contributed by atoms with Crippen LogP contribution >= 0.6 is 0 Å². The van der Waals surface area contributed by atoms with Gasteiger partial charge in [0.15, 0.2) is 0 Å². The first-order valence-corrected chi connectivity index (χ1v) is 16.0. The summed E-state index contributed by atoms with van der Waals surface area (Å²) in [6.07, 6.45) is 8.02. The van der Waals surface area contributed by atoms with E-state index in [1.165, 1.54) is 16.7 Å². The Morgan fingerprint density at radius 3 is 2.31 bits per heavy atom. The Balaban J connectivity index is 1.02. The van der Waals surface area contributed by atoms with E-state index in [0.717, 1.165) is 55.6 Å². The van der Waals surface area contributed by atoms with E-state index in [2.05, 4.69) is 94.6 Å². The molecule has 0 unspecified atom stereocenters. The second kappa shape index (κ2) is 13.5. The average molecular weight is 608 g/mol. The predicted molar refractivity (Wildman–Crippen MR) is 178 cm³/mol. The lowest BCUT2D eigenvalue weighted by molar-refractivity contribution is 0.0272. The molecule has 2 aliphatic rings. The highest BCUT2D eigenvalue weighted by molar-refractivity contribution is 5.99. The van der Waals surface area contributed by atoms with Crippen LogP contribution in [0.5, 0.6) is 0 Å². The van der Waals surface area contributed by atoms with E-state index >= 15 is 0 Å². The molecule has 2 fully saturated rings. The van der Waals surface area contributed by atoms with Crippen molar-refractivity contribution >= 4 is 11.7 Å². The van der Waals surface area contributed by atoms with Crippen LogP contribution in [0.4, 0.5) is 5.82 Å². The van der Waals surface area contributed by atoms with Crippen molar-refractivity contribution in [3.63, 3.8) is 0 Å². The number of piperazine rings is 1. The minimum absolute atomic E-state index is 0.0529. The Morgan fingerprint density at radius 2 is 1.62 bits per heavy atom. The van der Waals surface area contributed by atoms with Gasteiger partial charge >= 0.3 is 0 Å². The number of aromatic nitrogens is 3. The van der Waals surface area contributed by atoms with E-state index in [1.54, 1.807) is 23.1 Å². The number of hydrogen-bond donors (Lipinski definition) is 2. The van der Waals surface area contributed by atoms with Crippen molar-refractivity contribution in [3.8, 4) is 22.3 Å². The number of nitrogens with zero attached hydrogens (tertiary/aromatic N) is 5. The van der Waals surface area contributed by atoms with Crippen LogP contribution in [0.2, 0.25) is 0 Å². The zero-order valence-corrected chi connectivity index (χ0v) is 26.8. The van der Waals surface area contributed by atoms with Gasteiger partial charge in [0.25, 0.3) is 5.91 Å². The second-order valence-electron chi connectivity index (χ2n) is 12.9. The summed E-state index contributed by atoms with van der Waals surface area (Å²) in [5, 5.41) is 7.38. The smallest absolute Gasteiger partial charge is 0.255 e. The van der Waals surface area contributed by atoms with Crippen LogP contribution in [-0.4, -0.2) is 74.8 Å². The molecule has 45 heavy (non-hydrogen) atoms. The van der Waals surface area contributed by atoms with Crippen LogP contribution in [0.25, 0.3) is 22.3 Å². The van der Waals surface area contributed by atoms with Crippen molar-refractivity contribution in [3.05, 3.63) is 89.9 Å². The quantitative estimate of drug-likeness (QED) is 0.272. The molecule has 4 aromatic rings. The molecule has 9 nitrogen and oxygen atoms in total. The third kappa shape index (κ3) is 7.27. The van der Waals surface area contributed by atoms with E-state index in [1.807, 2.05) is 13.2 Å². The zero-order valence-electron chi connectivity index (χ0n) is 26.8. The van der Waals surface area contributed by atoms with Gasteiger partial charge in [0.1, 0.15) is 5.82 Å². The van der Waals surface area contributed by atoms with Gasteiger partial charge in [-0.2, -0.15) is 5.10 Å². The lowest BCUT2D eigenvalue weighted by Gasteiger charge is -2.42. The van der Waals surface area contributed by atoms with Gasteiger partial charge in [0.05, 0.1) is 30.5 Å². The van der Waals surface area contributed by atoms with Crippen LogP contribution in [0.15, 0.2) is 73.2 Å². The minimum Gasteiger partial charge on any atom is -0.383 e. The molecule has 6 rings (SSSR count). The third-order valence-electron chi connectivity index (χ3n) is 9.49. The number of anilines is 1.